The predicted octanol–water partition coefficient (Wildman–Crippen LogP) is 4.79. The molecule has 1 aliphatic rings. The second kappa shape index (κ2) is 14.1. The lowest BCUT2D eigenvalue weighted by Crippen LogP contribution is -2.43. The standard InChI is InChI=1S/C32H39N3O5/c1-22(2)35(32(36)26-10-11-29(38-4)30(16-26)39-13-5-12-37-3)20-28-18-34-19-31(28)40-21-24-7-9-25-8-6-23(17-33)14-27(25)15-24/h6-11,14-16,22,28,31,34H,5,12-13,18-21H2,1-4H3. The first-order valence-corrected chi connectivity index (χ1v) is 13.8. The average Bonchev–Trinajstić information content (AvgIpc) is 3.42. The number of nitrogens with one attached hydrogen (secondary N) is 1. The number of methoxy groups -OCH3 is 2. The van der Waals surface area contributed by atoms with Gasteiger partial charge in [-0.1, -0.05) is 18.2 Å². The summed E-state index contributed by atoms with van der Waals surface area (Å²) in [5.41, 5.74) is 2.26. The Morgan fingerprint density at radius 3 is 2.60 bits per heavy atom. The summed E-state index contributed by atoms with van der Waals surface area (Å²) >= 11 is 0. The van der Waals surface area contributed by atoms with Crippen molar-refractivity contribution in [1.82, 2.24) is 10.2 Å². The van der Waals surface area contributed by atoms with Crippen molar-refractivity contribution in [3.63, 3.8) is 0 Å². The first kappa shape index (κ1) is 29.3. The van der Waals surface area contributed by atoms with Crippen molar-refractivity contribution in [3.05, 3.63) is 71.3 Å². The van der Waals surface area contributed by atoms with E-state index in [0.29, 0.717) is 49.0 Å². The van der Waals surface area contributed by atoms with E-state index in [9.17, 15) is 10.1 Å². The lowest BCUT2D eigenvalue weighted by molar-refractivity contribution is 0.0129. The Bertz CT molecular complexity index is 1340. The fourth-order valence-electron chi connectivity index (χ4n) is 5.00. The topological polar surface area (TPSA) is 93.0 Å². The van der Waals surface area contributed by atoms with Crippen LogP contribution in [0.4, 0.5) is 0 Å². The van der Waals surface area contributed by atoms with Crippen molar-refractivity contribution in [2.45, 2.75) is 39.0 Å². The number of fused-ring (bicyclic) bond motifs is 1. The molecule has 1 amide bonds. The van der Waals surface area contributed by atoms with E-state index in [-0.39, 0.29) is 24.0 Å². The highest BCUT2D eigenvalue weighted by atomic mass is 16.5. The summed E-state index contributed by atoms with van der Waals surface area (Å²) in [5, 5.41) is 14.8. The minimum Gasteiger partial charge on any atom is -0.493 e. The molecule has 8 nitrogen and oxygen atoms in total. The molecule has 0 aliphatic carbocycles. The maximum absolute atomic E-state index is 13.7. The Morgan fingerprint density at radius 1 is 1.02 bits per heavy atom. The molecule has 2 atom stereocenters. The first-order valence-electron chi connectivity index (χ1n) is 13.8. The lowest BCUT2D eigenvalue weighted by Gasteiger charge is -2.31. The van der Waals surface area contributed by atoms with Gasteiger partial charge < -0.3 is 29.2 Å². The highest BCUT2D eigenvalue weighted by Gasteiger charge is 2.32. The van der Waals surface area contributed by atoms with Gasteiger partial charge in [0.05, 0.1) is 38.1 Å². The number of benzene rings is 3. The van der Waals surface area contributed by atoms with Gasteiger partial charge in [-0.05, 0) is 66.6 Å². The first-order chi connectivity index (χ1) is 19.4. The lowest BCUT2D eigenvalue weighted by atomic mass is 10.0. The summed E-state index contributed by atoms with van der Waals surface area (Å²) in [6.45, 7) is 7.70. The highest BCUT2D eigenvalue weighted by molar-refractivity contribution is 5.95. The van der Waals surface area contributed by atoms with Crippen LogP contribution in [0.15, 0.2) is 54.6 Å². The normalized spacial score (nSPS) is 16.7. The fraction of sp³-hybridized carbons (Fsp3) is 0.438. The van der Waals surface area contributed by atoms with E-state index in [0.717, 1.165) is 35.8 Å². The van der Waals surface area contributed by atoms with Crippen LogP contribution in [0.3, 0.4) is 0 Å². The minimum absolute atomic E-state index is 0.0109. The van der Waals surface area contributed by atoms with Crippen LogP contribution >= 0.6 is 0 Å². The Hall–Kier alpha value is -3.64. The maximum atomic E-state index is 13.7. The van der Waals surface area contributed by atoms with Gasteiger partial charge in [0, 0.05) is 57.3 Å². The molecular formula is C32H39N3O5. The summed E-state index contributed by atoms with van der Waals surface area (Å²) < 4.78 is 22.8. The number of rotatable bonds is 13. The molecule has 3 aromatic carbocycles. The molecule has 1 aliphatic heterocycles. The molecule has 0 bridgehead atoms. The molecule has 1 N–H and O–H groups in total. The third kappa shape index (κ3) is 7.30. The third-order valence-corrected chi connectivity index (χ3v) is 7.25. The molecule has 1 heterocycles. The van der Waals surface area contributed by atoms with E-state index in [1.54, 1.807) is 32.4 Å². The molecule has 0 spiro atoms. The predicted molar refractivity (Wildman–Crippen MR) is 155 cm³/mol. The number of hydrogen-bond acceptors (Lipinski definition) is 7. The van der Waals surface area contributed by atoms with Crippen molar-refractivity contribution in [1.29, 1.82) is 5.26 Å². The smallest absolute Gasteiger partial charge is 0.254 e. The van der Waals surface area contributed by atoms with Crippen molar-refractivity contribution < 1.29 is 23.7 Å². The van der Waals surface area contributed by atoms with Gasteiger partial charge in [0.15, 0.2) is 11.5 Å². The van der Waals surface area contributed by atoms with Crippen LogP contribution in [0.2, 0.25) is 0 Å². The van der Waals surface area contributed by atoms with Crippen LogP contribution < -0.4 is 14.8 Å². The second-order valence-electron chi connectivity index (χ2n) is 10.4. The molecule has 2 unspecified atom stereocenters. The van der Waals surface area contributed by atoms with Crippen molar-refractivity contribution in [2.75, 3.05) is 47.1 Å². The summed E-state index contributed by atoms with van der Waals surface area (Å²) in [6.07, 6.45) is 0.720. The van der Waals surface area contributed by atoms with E-state index >= 15 is 0 Å². The molecule has 0 radical (unpaired) electrons. The number of hydrogen-bond donors (Lipinski definition) is 1. The Labute approximate surface area is 236 Å². The Morgan fingerprint density at radius 2 is 1.85 bits per heavy atom. The molecule has 40 heavy (non-hydrogen) atoms. The molecule has 4 rings (SSSR count). The van der Waals surface area contributed by atoms with Crippen LogP contribution in [0.5, 0.6) is 11.5 Å². The molecule has 0 saturated carbocycles. The molecule has 212 valence electrons. The van der Waals surface area contributed by atoms with Gasteiger partial charge in [0.1, 0.15) is 0 Å². The van der Waals surface area contributed by atoms with Crippen molar-refractivity contribution in [3.8, 4) is 17.6 Å². The Balaban J connectivity index is 1.42. The van der Waals surface area contributed by atoms with E-state index in [1.807, 2.05) is 36.9 Å². The van der Waals surface area contributed by atoms with Gasteiger partial charge in [-0.2, -0.15) is 5.26 Å². The molecule has 1 saturated heterocycles. The molecule has 8 heteroatoms. The van der Waals surface area contributed by atoms with E-state index in [4.69, 9.17) is 18.9 Å². The Kier molecular flexibility index (Phi) is 10.4. The van der Waals surface area contributed by atoms with Gasteiger partial charge in [0.25, 0.3) is 5.91 Å². The zero-order valence-corrected chi connectivity index (χ0v) is 23.8. The summed E-state index contributed by atoms with van der Waals surface area (Å²) in [5.74, 6) is 1.25. The van der Waals surface area contributed by atoms with E-state index in [1.165, 1.54) is 0 Å². The average molecular weight is 546 g/mol. The zero-order valence-electron chi connectivity index (χ0n) is 23.8. The van der Waals surface area contributed by atoms with Crippen molar-refractivity contribution >= 4 is 16.7 Å². The number of carbonyl (C=O) groups is 1. The largest absolute Gasteiger partial charge is 0.493 e. The zero-order chi connectivity index (χ0) is 28.5. The van der Waals surface area contributed by atoms with E-state index < -0.39 is 0 Å². The highest BCUT2D eigenvalue weighted by Crippen LogP contribution is 2.30. The van der Waals surface area contributed by atoms with Crippen LogP contribution in [-0.4, -0.2) is 70.0 Å². The van der Waals surface area contributed by atoms with Crippen molar-refractivity contribution in [2.24, 2.45) is 5.92 Å². The fourth-order valence-corrected chi connectivity index (χ4v) is 5.00. The number of nitrogens with zero attached hydrogens (tertiary/aromatic N) is 2. The second-order valence-corrected chi connectivity index (χ2v) is 10.4. The summed E-state index contributed by atoms with van der Waals surface area (Å²) in [4.78, 5) is 15.6. The molecule has 0 aromatic heterocycles. The van der Waals surface area contributed by atoms with Crippen LogP contribution in [0.1, 0.15) is 41.8 Å². The minimum atomic E-state index is -0.0483. The molecule has 3 aromatic rings. The van der Waals surface area contributed by atoms with E-state index in [2.05, 4.69) is 29.6 Å². The van der Waals surface area contributed by atoms with Crippen LogP contribution in [0, 0.1) is 17.2 Å². The van der Waals surface area contributed by atoms with Gasteiger partial charge in [-0.15, -0.1) is 0 Å². The van der Waals surface area contributed by atoms with Gasteiger partial charge in [-0.3, -0.25) is 4.79 Å². The number of carbonyl (C=O) groups excluding carboxylic acids is 1. The monoisotopic (exact) mass is 545 g/mol. The summed E-state index contributed by atoms with van der Waals surface area (Å²) in [6, 6.07) is 19.4. The van der Waals surface area contributed by atoms with Gasteiger partial charge >= 0.3 is 0 Å². The number of nitriles is 1. The molecular weight excluding hydrogens is 506 g/mol. The maximum Gasteiger partial charge on any atom is 0.254 e. The van der Waals surface area contributed by atoms with Gasteiger partial charge in [0.2, 0.25) is 0 Å². The quantitative estimate of drug-likeness (QED) is 0.309. The SMILES string of the molecule is COCCCOc1cc(C(=O)N(CC2CNCC2OCc2ccc3ccc(C#N)cc3c2)C(C)C)ccc1OC. The van der Waals surface area contributed by atoms with Crippen LogP contribution in [0.25, 0.3) is 10.8 Å². The molecule has 1 fully saturated rings. The number of amides is 1. The van der Waals surface area contributed by atoms with Crippen LogP contribution in [-0.2, 0) is 16.1 Å². The number of ether oxygens (including phenoxy) is 4. The van der Waals surface area contributed by atoms with Gasteiger partial charge in [-0.25, -0.2) is 0 Å². The summed E-state index contributed by atoms with van der Waals surface area (Å²) in [7, 11) is 3.25. The third-order valence-electron chi connectivity index (χ3n) is 7.25.